The maximum absolute atomic E-state index is 14.1. The van der Waals surface area contributed by atoms with Gasteiger partial charge in [-0.3, -0.25) is 0 Å². The van der Waals surface area contributed by atoms with Crippen molar-refractivity contribution in [1.82, 2.24) is 4.98 Å². The molecule has 2 rings (SSSR count). The minimum Gasteiger partial charge on any atom is -0.478 e. The molecule has 0 fully saturated rings. The smallest absolute Gasteiger partial charge is 0.340 e. The van der Waals surface area contributed by atoms with Crippen molar-refractivity contribution in [3.63, 3.8) is 0 Å². The summed E-state index contributed by atoms with van der Waals surface area (Å²) in [6.07, 6.45) is 0. The zero-order chi connectivity index (χ0) is 16.3. The standard InChI is InChI=1S/C16H17FN2O3/c1-10-9-12(11-5-3-4-6-13(11)17)14(16(21)22)15(18-10)19(2)7-8-20/h3-6,9,20H,7-8H2,1-2H3,(H,21,22). The number of carbonyl (C=O) groups is 1. The summed E-state index contributed by atoms with van der Waals surface area (Å²) < 4.78 is 14.1. The predicted octanol–water partition coefficient (Wildman–Crippen LogP) is 2.32. The van der Waals surface area contributed by atoms with Crippen LogP contribution in [0.3, 0.4) is 0 Å². The third-order valence-electron chi connectivity index (χ3n) is 3.30. The van der Waals surface area contributed by atoms with Crippen molar-refractivity contribution in [2.75, 3.05) is 25.1 Å². The lowest BCUT2D eigenvalue weighted by atomic mass is 9.99. The fraction of sp³-hybridized carbons (Fsp3) is 0.250. The number of aromatic carboxylic acids is 1. The molecule has 0 atom stereocenters. The highest BCUT2D eigenvalue weighted by molar-refractivity contribution is 6.01. The number of halogens is 1. The molecule has 0 saturated heterocycles. The van der Waals surface area contributed by atoms with Crippen LogP contribution in [0.15, 0.2) is 30.3 Å². The molecule has 1 aromatic heterocycles. The van der Waals surface area contributed by atoms with E-state index in [1.165, 1.54) is 12.1 Å². The van der Waals surface area contributed by atoms with Crippen LogP contribution in [0.4, 0.5) is 10.2 Å². The number of hydrogen-bond acceptors (Lipinski definition) is 4. The lowest BCUT2D eigenvalue weighted by molar-refractivity contribution is 0.0698. The number of hydrogen-bond donors (Lipinski definition) is 2. The second kappa shape index (κ2) is 6.53. The van der Waals surface area contributed by atoms with Gasteiger partial charge in [-0.15, -0.1) is 0 Å². The van der Waals surface area contributed by atoms with Crippen LogP contribution >= 0.6 is 0 Å². The highest BCUT2D eigenvalue weighted by Gasteiger charge is 2.23. The zero-order valence-corrected chi connectivity index (χ0v) is 12.4. The van der Waals surface area contributed by atoms with Gasteiger partial charge in [0.05, 0.1) is 6.61 Å². The van der Waals surface area contributed by atoms with Gasteiger partial charge in [0.25, 0.3) is 0 Å². The Morgan fingerprint density at radius 2 is 2.00 bits per heavy atom. The average Bonchev–Trinajstić information content (AvgIpc) is 2.46. The number of benzene rings is 1. The van der Waals surface area contributed by atoms with Crippen molar-refractivity contribution >= 4 is 11.8 Å². The molecule has 2 aromatic rings. The first kappa shape index (κ1) is 15.9. The van der Waals surface area contributed by atoms with Crippen molar-refractivity contribution in [2.45, 2.75) is 6.92 Å². The van der Waals surface area contributed by atoms with E-state index < -0.39 is 11.8 Å². The van der Waals surface area contributed by atoms with Crippen LogP contribution in [-0.4, -0.2) is 41.4 Å². The number of carboxylic acid groups (broad SMARTS) is 1. The van der Waals surface area contributed by atoms with E-state index in [4.69, 9.17) is 5.11 Å². The molecule has 0 aliphatic heterocycles. The molecule has 116 valence electrons. The number of nitrogens with zero attached hydrogens (tertiary/aromatic N) is 2. The fourth-order valence-electron chi connectivity index (χ4n) is 2.29. The summed E-state index contributed by atoms with van der Waals surface area (Å²) in [5.74, 6) is -1.48. The van der Waals surface area contributed by atoms with Crippen molar-refractivity contribution < 1.29 is 19.4 Å². The topological polar surface area (TPSA) is 73.7 Å². The summed E-state index contributed by atoms with van der Waals surface area (Å²) in [7, 11) is 1.63. The van der Waals surface area contributed by atoms with Gasteiger partial charge in [0.15, 0.2) is 0 Å². The molecule has 0 radical (unpaired) electrons. The van der Waals surface area contributed by atoms with Gasteiger partial charge < -0.3 is 15.1 Å². The maximum Gasteiger partial charge on any atom is 0.340 e. The van der Waals surface area contributed by atoms with Crippen LogP contribution in [0, 0.1) is 12.7 Å². The van der Waals surface area contributed by atoms with Crippen LogP contribution in [0.25, 0.3) is 11.1 Å². The molecule has 0 aliphatic rings. The second-order valence-electron chi connectivity index (χ2n) is 4.94. The number of aliphatic hydroxyl groups excluding tert-OH is 1. The quantitative estimate of drug-likeness (QED) is 0.887. The highest BCUT2D eigenvalue weighted by Crippen LogP contribution is 2.32. The van der Waals surface area contributed by atoms with Gasteiger partial charge in [0.2, 0.25) is 0 Å². The molecule has 22 heavy (non-hydrogen) atoms. The number of carboxylic acids is 1. The highest BCUT2D eigenvalue weighted by atomic mass is 19.1. The van der Waals surface area contributed by atoms with E-state index in [2.05, 4.69) is 4.98 Å². The van der Waals surface area contributed by atoms with Gasteiger partial charge in [-0.2, -0.15) is 0 Å². The molecule has 0 unspecified atom stereocenters. The fourth-order valence-corrected chi connectivity index (χ4v) is 2.29. The van der Waals surface area contributed by atoms with Crippen molar-refractivity contribution in [3.8, 4) is 11.1 Å². The van der Waals surface area contributed by atoms with Gasteiger partial charge in [-0.1, -0.05) is 18.2 Å². The van der Waals surface area contributed by atoms with Crippen molar-refractivity contribution in [3.05, 3.63) is 47.4 Å². The summed E-state index contributed by atoms with van der Waals surface area (Å²) in [6, 6.07) is 7.57. The van der Waals surface area contributed by atoms with E-state index in [1.54, 1.807) is 37.1 Å². The van der Waals surface area contributed by atoms with Crippen molar-refractivity contribution in [2.24, 2.45) is 0 Å². The minimum absolute atomic E-state index is 0.0772. The summed E-state index contributed by atoms with van der Waals surface area (Å²) >= 11 is 0. The van der Waals surface area contributed by atoms with E-state index in [1.807, 2.05) is 0 Å². The largest absolute Gasteiger partial charge is 0.478 e. The molecule has 0 amide bonds. The van der Waals surface area contributed by atoms with Gasteiger partial charge in [-0.05, 0) is 19.1 Å². The molecule has 6 heteroatoms. The Labute approximate surface area is 127 Å². The monoisotopic (exact) mass is 304 g/mol. The average molecular weight is 304 g/mol. The number of likely N-dealkylation sites (N-methyl/N-ethyl adjacent to an activating group) is 1. The lowest BCUT2D eigenvalue weighted by Crippen LogP contribution is -2.25. The number of aryl methyl sites for hydroxylation is 1. The van der Waals surface area contributed by atoms with E-state index in [9.17, 15) is 14.3 Å². The number of anilines is 1. The number of rotatable bonds is 5. The molecule has 2 N–H and O–H groups in total. The Balaban J connectivity index is 2.73. The Morgan fingerprint density at radius 1 is 1.32 bits per heavy atom. The maximum atomic E-state index is 14.1. The summed E-state index contributed by atoms with van der Waals surface area (Å²) in [5, 5.41) is 18.6. The van der Waals surface area contributed by atoms with Crippen LogP contribution in [0.5, 0.6) is 0 Å². The Bertz CT molecular complexity index is 704. The first-order chi connectivity index (χ1) is 10.5. The predicted molar refractivity (Wildman–Crippen MR) is 81.7 cm³/mol. The first-order valence-corrected chi connectivity index (χ1v) is 6.77. The minimum atomic E-state index is -1.19. The second-order valence-corrected chi connectivity index (χ2v) is 4.94. The molecule has 0 bridgehead atoms. The molecular formula is C16H17FN2O3. The SMILES string of the molecule is Cc1cc(-c2ccccc2F)c(C(=O)O)c(N(C)CCO)n1. The van der Waals surface area contributed by atoms with E-state index >= 15 is 0 Å². The van der Waals surface area contributed by atoms with E-state index in [-0.39, 0.29) is 35.7 Å². The van der Waals surface area contributed by atoms with E-state index in [0.717, 1.165) is 0 Å². The zero-order valence-electron chi connectivity index (χ0n) is 12.4. The Morgan fingerprint density at radius 3 is 2.59 bits per heavy atom. The summed E-state index contributed by atoms with van der Waals surface area (Å²) in [6.45, 7) is 1.81. The van der Waals surface area contributed by atoms with Gasteiger partial charge in [0.1, 0.15) is 17.2 Å². The van der Waals surface area contributed by atoms with Crippen molar-refractivity contribution in [1.29, 1.82) is 0 Å². The number of pyridine rings is 1. The third-order valence-corrected chi connectivity index (χ3v) is 3.30. The van der Waals surface area contributed by atoms with Gasteiger partial charge >= 0.3 is 5.97 Å². The number of aliphatic hydroxyl groups is 1. The molecule has 5 nitrogen and oxygen atoms in total. The molecule has 0 spiro atoms. The van der Waals surface area contributed by atoms with Crippen LogP contribution in [-0.2, 0) is 0 Å². The molecular weight excluding hydrogens is 287 g/mol. The molecule has 1 aromatic carbocycles. The normalized spacial score (nSPS) is 10.5. The van der Waals surface area contributed by atoms with Crippen LogP contribution in [0.1, 0.15) is 16.1 Å². The Hall–Kier alpha value is -2.47. The third kappa shape index (κ3) is 3.07. The van der Waals surface area contributed by atoms with E-state index in [0.29, 0.717) is 5.69 Å². The molecule has 1 heterocycles. The summed E-state index contributed by atoms with van der Waals surface area (Å²) in [4.78, 5) is 17.5. The first-order valence-electron chi connectivity index (χ1n) is 6.77. The van der Waals surface area contributed by atoms with Crippen LogP contribution in [0.2, 0.25) is 0 Å². The van der Waals surface area contributed by atoms with Gasteiger partial charge in [-0.25, -0.2) is 14.2 Å². The summed E-state index contributed by atoms with van der Waals surface area (Å²) in [5.41, 5.74) is 0.983. The number of aromatic nitrogens is 1. The lowest BCUT2D eigenvalue weighted by Gasteiger charge is -2.21. The molecule has 0 saturated carbocycles. The van der Waals surface area contributed by atoms with Crippen LogP contribution < -0.4 is 4.90 Å². The Kier molecular flexibility index (Phi) is 4.72. The molecule has 0 aliphatic carbocycles. The van der Waals surface area contributed by atoms with Gasteiger partial charge in [0, 0.05) is 30.4 Å².